The summed E-state index contributed by atoms with van der Waals surface area (Å²) in [6, 6.07) is 14.2. The van der Waals surface area contributed by atoms with Crippen molar-refractivity contribution in [3.63, 3.8) is 0 Å². The molecule has 1 atom stereocenters. The van der Waals surface area contributed by atoms with Crippen LogP contribution in [0.25, 0.3) is 10.9 Å². The average Bonchev–Trinajstić information content (AvgIpc) is 2.73. The highest BCUT2D eigenvalue weighted by Crippen LogP contribution is 2.40. The third-order valence-corrected chi connectivity index (χ3v) is 5.03. The van der Waals surface area contributed by atoms with Gasteiger partial charge in [0.25, 0.3) is 0 Å². The first-order chi connectivity index (χ1) is 14.3. The number of aromatic nitrogens is 2. The minimum absolute atomic E-state index is 0.122. The summed E-state index contributed by atoms with van der Waals surface area (Å²) in [6.45, 7) is 0. The van der Waals surface area contributed by atoms with Gasteiger partial charge >= 0.3 is 6.18 Å². The van der Waals surface area contributed by atoms with Crippen LogP contribution in [0.4, 0.5) is 19.0 Å². The number of alkyl halides is 3. The number of phenolic OH excluding ortho intramolecular Hbond substituents is 1. The summed E-state index contributed by atoms with van der Waals surface area (Å²) in [4.78, 5) is 8.39. The summed E-state index contributed by atoms with van der Waals surface area (Å²) in [5, 5.41) is 14.8. The van der Waals surface area contributed by atoms with E-state index < -0.39 is 17.8 Å². The van der Waals surface area contributed by atoms with Gasteiger partial charge in [-0.25, -0.2) is 4.98 Å². The van der Waals surface area contributed by atoms with Gasteiger partial charge in [0, 0.05) is 28.4 Å². The van der Waals surface area contributed by atoms with E-state index in [0.717, 1.165) is 12.1 Å². The lowest BCUT2D eigenvalue weighted by atomic mass is 9.94. The molecular weight excluding hydrogens is 415 g/mol. The molecule has 0 radical (unpaired) electrons. The minimum Gasteiger partial charge on any atom is -0.505 e. The lowest BCUT2D eigenvalue weighted by Gasteiger charge is -2.24. The topological polar surface area (TPSA) is 58.0 Å². The Hall–Kier alpha value is -3.32. The highest BCUT2D eigenvalue weighted by Gasteiger charge is 2.32. The highest BCUT2D eigenvalue weighted by molar-refractivity contribution is 6.31. The van der Waals surface area contributed by atoms with Crippen molar-refractivity contribution >= 4 is 28.3 Å². The predicted molar refractivity (Wildman–Crippen MR) is 110 cm³/mol. The molecule has 30 heavy (non-hydrogen) atoms. The maximum absolute atomic E-state index is 13.3. The number of hydrogen-bond acceptors (Lipinski definition) is 4. The zero-order valence-corrected chi connectivity index (χ0v) is 16.1. The molecule has 0 aliphatic rings. The number of nitrogens with one attached hydrogen (secondary N) is 1. The van der Waals surface area contributed by atoms with Gasteiger partial charge in [-0.2, -0.15) is 13.2 Å². The third-order valence-electron chi connectivity index (χ3n) is 4.68. The van der Waals surface area contributed by atoms with Gasteiger partial charge in [-0.05, 0) is 42.0 Å². The lowest BCUT2D eigenvalue weighted by molar-refractivity contribution is -0.137. The monoisotopic (exact) mass is 429 g/mol. The van der Waals surface area contributed by atoms with Crippen molar-refractivity contribution in [1.82, 2.24) is 9.97 Å². The molecule has 0 bridgehead atoms. The Morgan fingerprint density at radius 1 is 0.900 bits per heavy atom. The molecule has 0 fully saturated rings. The van der Waals surface area contributed by atoms with Gasteiger partial charge in [-0.15, -0.1) is 0 Å². The van der Waals surface area contributed by atoms with E-state index in [9.17, 15) is 18.3 Å². The van der Waals surface area contributed by atoms with Crippen LogP contribution in [0, 0.1) is 0 Å². The SMILES string of the molecule is Oc1c(C(Nc2ccccn2)c2cc(C(F)(F)F)ccc2Cl)ccc2cccnc12. The van der Waals surface area contributed by atoms with Crippen LogP contribution in [0.5, 0.6) is 5.75 Å². The molecular formula is C22H15ClF3N3O. The van der Waals surface area contributed by atoms with Gasteiger partial charge < -0.3 is 10.4 Å². The van der Waals surface area contributed by atoms with E-state index in [1.54, 1.807) is 48.7 Å². The zero-order valence-electron chi connectivity index (χ0n) is 15.4. The van der Waals surface area contributed by atoms with E-state index in [-0.39, 0.29) is 16.3 Å². The fourth-order valence-corrected chi connectivity index (χ4v) is 3.47. The smallest absolute Gasteiger partial charge is 0.416 e. The van der Waals surface area contributed by atoms with Crippen LogP contribution in [0.2, 0.25) is 5.02 Å². The first-order valence-corrected chi connectivity index (χ1v) is 9.33. The van der Waals surface area contributed by atoms with Crippen molar-refractivity contribution < 1.29 is 18.3 Å². The van der Waals surface area contributed by atoms with Crippen LogP contribution in [-0.2, 0) is 6.18 Å². The van der Waals surface area contributed by atoms with E-state index in [0.29, 0.717) is 22.3 Å². The summed E-state index contributed by atoms with van der Waals surface area (Å²) >= 11 is 6.30. The van der Waals surface area contributed by atoms with Gasteiger partial charge in [0.05, 0.1) is 11.6 Å². The molecule has 152 valence electrons. The van der Waals surface area contributed by atoms with Crippen LogP contribution >= 0.6 is 11.6 Å². The molecule has 8 heteroatoms. The number of phenols is 1. The lowest BCUT2D eigenvalue weighted by Crippen LogP contribution is -2.16. The fourth-order valence-electron chi connectivity index (χ4n) is 3.24. The normalized spacial score (nSPS) is 12.7. The summed E-state index contributed by atoms with van der Waals surface area (Å²) in [7, 11) is 0. The quantitative estimate of drug-likeness (QED) is 0.405. The molecule has 0 saturated carbocycles. The molecule has 4 rings (SSSR count). The molecule has 0 spiro atoms. The Morgan fingerprint density at radius 3 is 2.43 bits per heavy atom. The van der Waals surface area contributed by atoms with Crippen molar-refractivity contribution in [1.29, 1.82) is 0 Å². The van der Waals surface area contributed by atoms with Gasteiger partial charge in [0.15, 0.2) is 0 Å². The highest BCUT2D eigenvalue weighted by atomic mass is 35.5. The number of anilines is 1. The van der Waals surface area contributed by atoms with Gasteiger partial charge in [-0.1, -0.05) is 35.9 Å². The molecule has 0 amide bonds. The van der Waals surface area contributed by atoms with Crippen LogP contribution in [-0.4, -0.2) is 15.1 Å². The number of benzene rings is 2. The first-order valence-electron chi connectivity index (χ1n) is 8.95. The Balaban J connectivity index is 1.91. The molecule has 0 saturated heterocycles. The van der Waals surface area contributed by atoms with Crippen LogP contribution in [0.3, 0.4) is 0 Å². The largest absolute Gasteiger partial charge is 0.505 e. The molecule has 0 aliphatic carbocycles. The standard InChI is InChI=1S/C22H15ClF3N3O/c23-17-9-7-14(22(24,25)26)12-16(17)20(29-18-5-1-2-10-27-18)15-8-6-13-4-3-11-28-19(13)21(15)30/h1-12,20,30H,(H,27,29). The summed E-state index contributed by atoms with van der Waals surface area (Å²) in [5.41, 5.74) is -0.0187. The van der Waals surface area contributed by atoms with E-state index in [1.807, 2.05) is 0 Å². The molecule has 2 aromatic heterocycles. The van der Waals surface area contributed by atoms with Gasteiger partial charge in [0.1, 0.15) is 17.1 Å². The number of rotatable bonds is 4. The second-order valence-electron chi connectivity index (χ2n) is 6.60. The molecule has 4 aromatic rings. The van der Waals surface area contributed by atoms with E-state index in [4.69, 9.17) is 11.6 Å². The van der Waals surface area contributed by atoms with Crippen molar-refractivity contribution in [3.05, 3.63) is 94.8 Å². The van der Waals surface area contributed by atoms with Gasteiger partial charge in [0.2, 0.25) is 0 Å². The molecule has 1 unspecified atom stereocenters. The Morgan fingerprint density at radius 2 is 1.70 bits per heavy atom. The Labute approximate surface area is 175 Å². The third kappa shape index (κ3) is 3.89. The number of hydrogen-bond donors (Lipinski definition) is 2. The van der Waals surface area contributed by atoms with Crippen molar-refractivity contribution in [3.8, 4) is 5.75 Å². The van der Waals surface area contributed by atoms with E-state index in [2.05, 4.69) is 15.3 Å². The fraction of sp³-hybridized carbons (Fsp3) is 0.0909. The summed E-state index contributed by atoms with van der Waals surface area (Å²) < 4.78 is 40.0. The predicted octanol–water partition coefficient (Wildman–Crippen LogP) is 6.21. The number of nitrogens with zero attached hydrogens (tertiary/aromatic N) is 2. The van der Waals surface area contributed by atoms with Crippen LogP contribution in [0.15, 0.2) is 73.1 Å². The summed E-state index contributed by atoms with van der Waals surface area (Å²) in [6.07, 6.45) is -1.46. The van der Waals surface area contributed by atoms with Crippen molar-refractivity contribution in [2.24, 2.45) is 0 Å². The average molecular weight is 430 g/mol. The Bertz CT molecular complexity index is 1200. The van der Waals surface area contributed by atoms with Gasteiger partial charge in [-0.3, -0.25) is 4.98 Å². The van der Waals surface area contributed by atoms with Crippen molar-refractivity contribution in [2.75, 3.05) is 5.32 Å². The number of halogens is 4. The second-order valence-corrected chi connectivity index (χ2v) is 7.01. The Kier molecular flexibility index (Phi) is 5.22. The molecule has 4 nitrogen and oxygen atoms in total. The molecule has 2 aromatic carbocycles. The van der Waals surface area contributed by atoms with Crippen LogP contribution in [0.1, 0.15) is 22.7 Å². The van der Waals surface area contributed by atoms with Crippen LogP contribution < -0.4 is 5.32 Å². The minimum atomic E-state index is -4.54. The van der Waals surface area contributed by atoms with Crippen molar-refractivity contribution in [2.45, 2.75) is 12.2 Å². The summed E-state index contributed by atoms with van der Waals surface area (Å²) in [5.74, 6) is 0.270. The molecule has 2 N–H and O–H groups in total. The number of fused-ring (bicyclic) bond motifs is 1. The number of pyridine rings is 2. The second kappa shape index (κ2) is 7.84. The maximum atomic E-state index is 13.3. The molecule has 2 heterocycles. The maximum Gasteiger partial charge on any atom is 0.416 e. The first kappa shape index (κ1) is 20.0. The zero-order chi connectivity index (χ0) is 21.3. The van der Waals surface area contributed by atoms with E-state index in [1.165, 1.54) is 12.3 Å². The number of aromatic hydroxyl groups is 1. The van der Waals surface area contributed by atoms with E-state index >= 15 is 0 Å². The molecule has 0 aliphatic heterocycles.